The predicted octanol–water partition coefficient (Wildman–Crippen LogP) is 4.87. The topological polar surface area (TPSA) is 78.0 Å². The Morgan fingerprint density at radius 2 is 1.71 bits per heavy atom. The third-order valence-electron chi connectivity index (χ3n) is 6.46. The molecule has 1 saturated carbocycles. The number of aromatic nitrogens is 1. The molecule has 1 amide bonds. The number of amides is 1. The van der Waals surface area contributed by atoms with E-state index in [1.54, 1.807) is 38.3 Å². The Labute approximate surface area is 199 Å². The van der Waals surface area contributed by atoms with Crippen LogP contribution in [-0.2, 0) is 9.53 Å². The van der Waals surface area contributed by atoms with Crippen LogP contribution >= 0.6 is 0 Å². The number of fused-ring (bicyclic) bond motifs is 1. The maximum Gasteiger partial charge on any atom is 0.339 e. The molecule has 34 heavy (non-hydrogen) atoms. The van der Waals surface area contributed by atoms with Gasteiger partial charge in [-0.15, -0.1) is 0 Å². The fourth-order valence-electron chi connectivity index (χ4n) is 4.47. The van der Waals surface area contributed by atoms with Gasteiger partial charge in [-0.1, -0.05) is 37.5 Å². The number of esters is 1. The van der Waals surface area contributed by atoms with Crippen molar-refractivity contribution in [1.82, 2.24) is 9.88 Å². The lowest BCUT2D eigenvalue weighted by Crippen LogP contribution is -2.40. The van der Waals surface area contributed by atoms with E-state index in [0.29, 0.717) is 33.7 Å². The zero-order valence-electron chi connectivity index (χ0n) is 19.9. The standard InChI is InChI=1S/C27H30N2O5/c1-29(19-9-5-4-6-10-19)26(30)17-34-27(31)21-16-23(28-22-12-8-7-11-20(21)22)18-13-14-24(32-2)25(15-18)33-3/h7-8,11-16,19H,4-6,9-10,17H2,1-3H3. The molecule has 1 aromatic heterocycles. The number of nitrogens with zero attached hydrogens (tertiary/aromatic N) is 2. The number of hydrogen-bond acceptors (Lipinski definition) is 6. The van der Waals surface area contributed by atoms with Crippen molar-refractivity contribution < 1.29 is 23.8 Å². The van der Waals surface area contributed by atoms with Crippen LogP contribution in [0, 0.1) is 0 Å². The molecule has 7 nitrogen and oxygen atoms in total. The van der Waals surface area contributed by atoms with Crippen LogP contribution in [-0.4, -0.2) is 55.7 Å². The van der Waals surface area contributed by atoms with E-state index in [0.717, 1.165) is 31.2 Å². The highest BCUT2D eigenvalue weighted by molar-refractivity contribution is 6.05. The van der Waals surface area contributed by atoms with Crippen molar-refractivity contribution in [3.8, 4) is 22.8 Å². The fraction of sp³-hybridized carbons (Fsp3) is 0.370. The molecule has 0 aliphatic heterocycles. The van der Waals surface area contributed by atoms with Crippen LogP contribution in [0.5, 0.6) is 11.5 Å². The number of rotatable bonds is 7. The number of pyridine rings is 1. The number of hydrogen-bond donors (Lipinski definition) is 0. The second-order valence-corrected chi connectivity index (χ2v) is 8.51. The number of carbonyl (C=O) groups excluding carboxylic acids is 2. The fourth-order valence-corrected chi connectivity index (χ4v) is 4.47. The van der Waals surface area contributed by atoms with Gasteiger partial charge in [0.15, 0.2) is 18.1 Å². The lowest BCUT2D eigenvalue weighted by atomic mass is 9.94. The van der Waals surface area contributed by atoms with Crippen molar-refractivity contribution in [3.05, 3.63) is 54.1 Å². The molecule has 0 unspecified atom stereocenters. The molecule has 1 aliphatic rings. The third kappa shape index (κ3) is 4.98. The number of methoxy groups -OCH3 is 2. The molecule has 0 radical (unpaired) electrons. The average molecular weight is 463 g/mol. The molecule has 1 aliphatic carbocycles. The van der Waals surface area contributed by atoms with Gasteiger partial charge in [0, 0.05) is 24.0 Å². The monoisotopic (exact) mass is 462 g/mol. The number of carbonyl (C=O) groups is 2. The lowest BCUT2D eigenvalue weighted by molar-refractivity contribution is -0.135. The van der Waals surface area contributed by atoms with Crippen LogP contribution in [0.4, 0.5) is 0 Å². The van der Waals surface area contributed by atoms with Gasteiger partial charge in [0.05, 0.1) is 31.0 Å². The van der Waals surface area contributed by atoms with Crippen molar-refractivity contribution in [2.24, 2.45) is 0 Å². The summed E-state index contributed by atoms with van der Waals surface area (Å²) in [6, 6.07) is 14.8. The molecular formula is C27H30N2O5. The Hall–Kier alpha value is -3.61. The summed E-state index contributed by atoms with van der Waals surface area (Å²) in [6.45, 7) is -0.284. The molecule has 0 bridgehead atoms. The van der Waals surface area contributed by atoms with E-state index in [4.69, 9.17) is 19.2 Å². The molecule has 0 N–H and O–H groups in total. The summed E-state index contributed by atoms with van der Waals surface area (Å²) < 4.78 is 16.2. The highest BCUT2D eigenvalue weighted by atomic mass is 16.5. The smallest absolute Gasteiger partial charge is 0.339 e. The summed E-state index contributed by atoms with van der Waals surface area (Å²) in [6.07, 6.45) is 5.47. The van der Waals surface area contributed by atoms with Gasteiger partial charge >= 0.3 is 5.97 Å². The first kappa shape index (κ1) is 23.5. The molecule has 4 rings (SSSR count). The van der Waals surface area contributed by atoms with E-state index in [9.17, 15) is 9.59 Å². The Balaban J connectivity index is 1.59. The summed E-state index contributed by atoms with van der Waals surface area (Å²) in [7, 11) is 4.94. The number of ether oxygens (including phenoxy) is 3. The normalized spacial score (nSPS) is 14.0. The van der Waals surface area contributed by atoms with Gasteiger partial charge in [-0.3, -0.25) is 4.79 Å². The van der Waals surface area contributed by atoms with E-state index in [-0.39, 0.29) is 18.6 Å². The molecule has 178 valence electrons. The van der Waals surface area contributed by atoms with Gasteiger partial charge in [-0.05, 0) is 43.2 Å². The Bertz CT molecular complexity index is 1190. The molecule has 0 saturated heterocycles. The van der Waals surface area contributed by atoms with E-state index < -0.39 is 5.97 Å². The summed E-state index contributed by atoms with van der Waals surface area (Å²) in [5.74, 6) is 0.437. The lowest BCUT2D eigenvalue weighted by Gasteiger charge is -2.31. The van der Waals surface area contributed by atoms with E-state index >= 15 is 0 Å². The maximum absolute atomic E-state index is 13.1. The summed E-state index contributed by atoms with van der Waals surface area (Å²) in [5, 5.41) is 0.671. The first-order chi connectivity index (χ1) is 16.5. The van der Waals surface area contributed by atoms with Crippen LogP contribution in [0.1, 0.15) is 42.5 Å². The largest absolute Gasteiger partial charge is 0.493 e. The molecule has 7 heteroatoms. The minimum atomic E-state index is -0.550. The Morgan fingerprint density at radius 1 is 0.971 bits per heavy atom. The van der Waals surface area contributed by atoms with E-state index in [2.05, 4.69) is 0 Å². The minimum absolute atomic E-state index is 0.182. The van der Waals surface area contributed by atoms with Crippen LogP contribution in [0.15, 0.2) is 48.5 Å². The van der Waals surface area contributed by atoms with Crippen LogP contribution < -0.4 is 9.47 Å². The van der Waals surface area contributed by atoms with Gasteiger partial charge in [-0.25, -0.2) is 9.78 Å². The SMILES string of the molecule is COc1ccc(-c2cc(C(=O)OCC(=O)N(C)C3CCCCC3)c3ccccc3n2)cc1OC. The van der Waals surface area contributed by atoms with Crippen molar-refractivity contribution in [2.75, 3.05) is 27.9 Å². The van der Waals surface area contributed by atoms with Crippen molar-refractivity contribution in [3.63, 3.8) is 0 Å². The number of likely N-dealkylation sites (N-methyl/N-ethyl adjacent to an activating group) is 1. The van der Waals surface area contributed by atoms with Gasteiger partial charge in [-0.2, -0.15) is 0 Å². The van der Waals surface area contributed by atoms with Gasteiger partial charge < -0.3 is 19.1 Å². The van der Waals surface area contributed by atoms with E-state index in [1.807, 2.05) is 36.4 Å². The summed E-state index contributed by atoms with van der Waals surface area (Å²) in [4.78, 5) is 32.2. The summed E-state index contributed by atoms with van der Waals surface area (Å²) in [5.41, 5.74) is 2.39. The Kier molecular flexibility index (Phi) is 7.30. The second kappa shape index (κ2) is 10.5. The van der Waals surface area contributed by atoms with Crippen LogP contribution in [0.3, 0.4) is 0 Å². The zero-order chi connectivity index (χ0) is 24.1. The average Bonchev–Trinajstić information content (AvgIpc) is 2.90. The van der Waals surface area contributed by atoms with Crippen molar-refractivity contribution in [2.45, 2.75) is 38.1 Å². The maximum atomic E-state index is 13.1. The van der Waals surface area contributed by atoms with Crippen LogP contribution in [0.25, 0.3) is 22.2 Å². The molecule has 0 atom stereocenters. The minimum Gasteiger partial charge on any atom is -0.493 e. The first-order valence-corrected chi connectivity index (χ1v) is 11.6. The third-order valence-corrected chi connectivity index (χ3v) is 6.46. The predicted molar refractivity (Wildman–Crippen MR) is 130 cm³/mol. The van der Waals surface area contributed by atoms with Gasteiger partial charge in [0.25, 0.3) is 5.91 Å². The Morgan fingerprint density at radius 3 is 2.44 bits per heavy atom. The second-order valence-electron chi connectivity index (χ2n) is 8.51. The molecule has 3 aromatic rings. The molecule has 1 fully saturated rings. The number of para-hydroxylation sites is 1. The molecule has 0 spiro atoms. The van der Waals surface area contributed by atoms with Crippen LogP contribution in [0.2, 0.25) is 0 Å². The number of benzene rings is 2. The quantitative estimate of drug-likeness (QED) is 0.467. The van der Waals surface area contributed by atoms with E-state index in [1.165, 1.54) is 6.42 Å². The molecular weight excluding hydrogens is 432 g/mol. The highest BCUT2D eigenvalue weighted by Gasteiger charge is 2.24. The van der Waals surface area contributed by atoms with Crippen molar-refractivity contribution in [1.29, 1.82) is 0 Å². The highest BCUT2D eigenvalue weighted by Crippen LogP contribution is 2.33. The summed E-state index contributed by atoms with van der Waals surface area (Å²) >= 11 is 0. The molecule has 2 aromatic carbocycles. The molecule has 1 heterocycles. The zero-order valence-corrected chi connectivity index (χ0v) is 19.9. The first-order valence-electron chi connectivity index (χ1n) is 11.6. The van der Waals surface area contributed by atoms with Gasteiger partial charge in [0.1, 0.15) is 0 Å². The van der Waals surface area contributed by atoms with Gasteiger partial charge in [0.2, 0.25) is 0 Å². The van der Waals surface area contributed by atoms with Crippen molar-refractivity contribution >= 4 is 22.8 Å².